The van der Waals surface area contributed by atoms with Crippen LogP contribution in [-0.2, 0) is 30.5 Å². The summed E-state index contributed by atoms with van der Waals surface area (Å²) < 4.78 is 0. The molecule has 1 aliphatic heterocycles. The molecule has 4 rings (SSSR count). The van der Waals surface area contributed by atoms with E-state index in [0.29, 0.717) is 36.2 Å². The molecule has 2 heterocycles. The summed E-state index contributed by atoms with van der Waals surface area (Å²) in [7, 11) is 6.20. The normalized spacial score (nSPS) is 20.9. The molecule has 1 aliphatic carbocycles. The van der Waals surface area contributed by atoms with Crippen molar-refractivity contribution in [3.8, 4) is 6.07 Å². The number of amides is 3. The Morgan fingerprint density at radius 2 is 1.92 bits per heavy atom. The second-order valence-electron chi connectivity index (χ2n) is 10.8. The number of nitrogens with one attached hydrogen (secondary N) is 1. The molecule has 0 radical (unpaired) electrons. The maximum Gasteiger partial charge on any atom is 0.324 e. The zero-order chi connectivity index (χ0) is 27.4. The van der Waals surface area contributed by atoms with Crippen LogP contribution in [0.4, 0.5) is 9.80 Å². The number of hydrogen-bond acceptors (Lipinski definition) is 7. The van der Waals surface area contributed by atoms with Crippen LogP contribution < -0.4 is 11.1 Å². The van der Waals surface area contributed by atoms with Gasteiger partial charge in [-0.25, -0.2) is 4.79 Å². The Labute approximate surface area is 230 Å². The van der Waals surface area contributed by atoms with Crippen LogP contribution in [-0.4, -0.2) is 80.0 Å². The van der Waals surface area contributed by atoms with Gasteiger partial charge in [0.15, 0.2) is 0 Å². The predicted octanol–water partition coefficient (Wildman–Crippen LogP) is 3.14. The predicted molar refractivity (Wildman–Crippen MR) is 152 cm³/mol. The number of carbonyl (C=O) groups is 2. The zero-order valence-electron chi connectivity index (χ0n) is 23.0. The number of rotatable bonds is 8. The fourth-order valence-electron chi connectivity index (χ4n) is 6.06. The molecule has 2 aromatic rings. The monoisotopic (exact) mass is 536 g/mol. The first-order valence-electron chi connectivity index (χ1n) is 13.5. The summed E-state index contributed by atoms with van der Waals surface area (Å²) in [6.45, 7) is 4.27. The van der Waals surface area contributed by atoms with Gasteiger partial charge in [0.2, 0.25) is 5.91 Å². The van der Waals surface area contributed by atoms with Gasteiger partial charge in [-0.15, -0.1) is 11.3 Å². The highest BCUT2D eigenvalue weighted by atomic mass is 32.1. The summed E-state index contributed by atoms with van der Waals surface area (Å²) in [5, 5.41) is 13.2. The summed E-state index contributed by atoms with van der Waals surface area (Å²) >= 11 is 1.53. The van der Waals surface area contributed by atoms with E-state index in [4.69, 9.17) is 5.73 Å². The number of thiophene rings is 1. The molecule has 0 unspecified atom stereocenters. The Morgan fingerprint density at radius 3 is 2.58 bits per heavy atom. The lowest BCUT2D eigenvalue weighted by Crippen LogP contribution is -2.55. The molecule has 204 valence electrons. The lowest BCUT2D eigenvalue weighted by molar-refractivity contribution is -0.135. The van der Waals surface area contributed by atoms with Crippen LogP contribution in [0.2, 0.25) is 0 Å². The van der Waals surface area contributed by atoms with Crippen LogP contribution in [0.5, 0.6) is 0 Å². The molecule has 0 saturated carbocycles. The smallest absolute Gasteiger partial charge is 0.324 e. The molecule has 3 N–H and O–H groups in total. The summed E-state index contributed by atoms with van der Waals surface area (Å²) in [6, 6.07) is 10.6. The van der Waals surface area contributed by atoms with Gasteiger partial charge in [0, 0.05) is 37.1 Å². The van der Waals surface area contributed by atoms with Gasteiger partial charge in [-0.05, 0) is 82.8 Å². The number of piperidine rings is 1. The lowest BCUT2D eigenvalue weighted by Gasteiger charge is -2.45. The molecular formula is C29H40N6O2S. The van der Waals surface area contributed by atoms with E-state index < -0.39 is 0 Å². The van der Waals surface area contributed by atoms with Crippen LogP contribution in [0.15, 0.2) is 24.3 Å². The second kappa shape index (κ2) is 12.3. The van der Waals surface area contributed by atoms with E-state index in [1.54, 1.807) is 0 Å². The van der Waals surface area contributed by atoms with Crippen LogP contribution in [0.25, 0.3) is 0 Å². The van der Waals surface area contributed by atoms with E-state index >= 15 is 0 Å². The minimum absolute atomic E-state index is 0.113. The standard InChI is InChI=1S/C29H40N6O2S/c1-5-35(29(37)32-12-10-19-8-6-7-9-20(19)11-13-33(2)3)28(36)22-14-21-15-23-24(17-30)27(31)38-26(23)16-25(21)34(4)18-22/h6-9,21-22,25H,5,10-16,18,31H2,1-4H3,(H,32,37)/t21-,22-,25-/m1/s1. The maximum atomic E-state index is 13.6. The average Bonchev–Trinajstić information content (AvgIpc) is 3.20. The third kappa shape index (κ3) is 6.04. The molecule has 1 aromatic heterocycles. The SMILES string of the molecule is CCN(C(=O)NCCc1ccccc1CCN(C)C)C(=O)[C@@H]1C[C@@H]2Cc3c(sc(N)c3C#N)C[C@H]2N(C)C1. The number of likely N-dealkylation sites (tertiary alicyclic amines) is 1. The Bertz CT molecular complexity index is 1200. The summed E-state index contributed by atoms with van der Waals surface area (Å²) in [5.74, 6) is -0.101. The number of imide groups is 1. The molecule has 38 heavy (non-hydrogen) atoms. The molecule has 3 atom stereocenters. The van der Waals surface area contributed by atoms with Crippen molar-refractivity contribution in [1.82, 2.24) is 20.0 Å². The minimum Gasteiger partial charge on any atom is -0.389 e. The summed E-state index contributed by atoms with van der Waals surface area (Å²) in [4.78, 5) is 33.7. The number of fused-ring (bicyclic) bond motifs is 2. The van der Waals surface area contributed by atoms with E-state index in [0.717, 1.165) is 44.2 Å². The van der Waals surface area contributed by atoms with Crippen molar-refractivity contribution < 1.29 is 9.59 Å². The van der Waals surface area contributed by atoms with E-state index in [2.05, 4.69) is 60.5 Å². The van der Waals surface area contributed by atoms with E-state index in [-0.39, 0.29) is 23.8 Å². The number of urea groups is 1. The summed E-state index contributed by atoms with van der Waals surface area (Å²) in [5.41, 5.74) is 10.3. The molecule has 9 heteroatoms. The number of benzene rings is 1. The molecule has 0 bridgehead atoms. The fraction of sp³-hybridized carbons (Fsp3) is 0.552. The highest BCUT2D eigenvalue weighted by molar-refractivity contribution is 7.16. The van der Waals surface area contributed by atoms with Gasteiger partial charge in [0.1, 0.15) is 11.1 Å². The minimum atomic E-state index is -0.323. The Kier molecular flexibility index (Phi) is 9.08. The van der Waals surface area contributed by atoms with E-state index in [9.17, 15) is 14.9 Å². The van der Waals surface area contributed by atoms with Gasteiger partial charge in [-0.2, -0.15) is 5.26 Å². The Morgan fingerprint density at radius 1 is 1.21 bits per heavy atom. The largest absolute Gasteiger partial charge is 0.389 e. The topological polar surface area (TPSA) is 106 Å². The second-order valence-corrected chi connectivity index (χ2v) is 12.0. The number of nitriles is 1. The zero-order valence-corrected chi connectivity index (χ0v) is 23.8. The molecule has 2 aliphatic rings. The van der Waals surface area contributed by atoms with Crippen molar-refractivity contribution in [1.29, 1.82) is 5.26 Å². The van der Waals surface area contributed by atoms with Crippen LogP contribution in [0, 0.1) is 23.2 Å². The average molecular weight is 537 g/mol. The third-order valence-electron chi connectivity index (χ3n) is 8.09. The number of carbonyl (C=O) groups excluding carboxylic acids is 2. The molecular weight excluding hydrogens is 496 g/mol. The highest BCUT2D eigenvalue weighted by Crippen LogP contribution is 2.43. The van der Waals surface area contributed by atoms with Crippen molar-refractivity contribution in [3.05, 3.63) is 51.4 Å². The van der Waals surface area contributed by atoms with Crippen molar-refractivity contribution in [2.75, 3.05) is 53.1 Å². The van der Waals surface area contributed by atoms with Gasteiger partial charge in [-0.3, -0.25) is 9.69 Å². The first kappa shape index (κ1) is 28.1. The van der Waals surface area contributed by atoms with Crippen molar-refractivity contribution in [3.63, 3.8) is 0 Å². The lowest BCUT2D eigenvalue weighted by atomic mass is 9.74. The van der Waals surface area contributed by atoms with Crippen molar-refractivity contribution in [2.45, 2.75) is 45.1 Å². The fourth-order valence-corrected chi connectivity index (χ4v) is 7.16. The molecule has 0 spiro atoms. The number of nitrogens with two attached hydrogens (primary N) is 1. The van der Waals surface area contributed by atoms with Gasteiger partial charge in [0.25, 0.3) is 0 Å². The van der Waals surface area contributed by atoms with Crippen LogP contribution in [0.3, 0.4) is 0 Å². The number of likely N-dealkylation sites (N-methyl/N-ethyl adjacent to an activating group) is 2. The molecule has 8 nitrogen and oxygen atoms in total. The number of nitrogens with zero attached hydrogens (tertiary/aromatic N) is 4. The first-order valence-corrected chi connectivity index (χ1v) is 14.4. The highest BCUT2D eigenvalue weighted by Gasteiger charge is 2.43. The molecule has 1 fully saturated rings. The first-order chi connectivity index (χ1) is 18.2. The van der Waals surface area contributed by atoms with E-state index in [1.165, 1.54) is 32.2 Å². The van der Waals surface area contributed by atoms with Gasteiger partial charge in [0.05, 0.1) is 11.5 Å². The number of hydrogen-bond donors (Lipinski definition) is 2. The summed E-state index contributed by atoms with van der Waals surface area (Å²) in [6.07, 6.45) is 4.03. The number of anilines is 1. The quantitative estimate of drug-likeness (QED) is 0.537. The Hall–Kier alpha value is -2.93. The molecule has 3 amide bonds. The maximum absolute atomic E-state index is 13.6. The van der Waals surface area contributed by atoms with Crippen molar-refractivity contribution >= 4 is 28.3 Å². The third-order valence-corrected chi connectivity index (χ3v) is 9.17. The Balaban J connectivity index is 1.36. The van der Waals surface area contributed by atoms with Crippen LogP contribution >= 0.6 is 11.3 Å². The molecule has 1 saturated heterocycles. The van der Waals surface area contributed by atoms with Gasteiger partial charge < -0.3 is 20.9 Å². The van der Waals surface area contributed by atoms with Gasteiger partial charge in [-0.1, -0.05) is 24.3 Å². The van der Waals surface area contributed by atoms with E-state index in [1.807, 2.05) is 13.0 Å². The van der Waals surface area contributed by atoms with Crippen LogP contribution in [0.1, 0.15) is 40.5 Å². The van der Waals surface area contributed by atoms with Crippen molar-refractivity contribution in [2.24, 2.45) is 11.8 Å². The number of nitrogen functional groups attached to an aromatic ring is 1. The van der Waals surface area contributed by atoms with Gasteiger partial charge >= 0.3 is 6.03 Å². The molecule has 1 aromatic carbocycles.